The highest BCUT2D eigenvalue weighted by Gasteiger charge is 2.17. The molecular weight excluding hydrogens is 367 g/mol. The summed E-state index contributed by atoms with van der Waals surface area (Å²) in [6, 6.07) is 5.96. The number of amides is 1. The second-order valence-electron chi connectivity index (χ2n) is 6.66. The minimum absolute atomic E-state index is 0.0348. The quantitative estimate of drug-likeness (QED) is 0.661. The van der Waals surface area contributed by atoms with Crippen molar-refractivity contribution in [3.05, 3.63) is 52.3 Å². The SMILES string of the molecule is O=C(Cn1cnc2c(nnn2Cc2ccc(F)cc2)c1=O)NC[C@H]1CCCO1. The van der Waals surface area contributed by atoms with Crippen molar-refractivity contribution < 1.29 is 13.9 Å². The predicted molar refractivity (Wildman–Crippen MR) is 97.1 cm³/mol. The van der Waals surface area contributed by atoms with Crippen molar-refractivity contribution in [1.82, 2.24) is 29.9 Å². The minimum Gasteiger partial charge on any atom is -0.376 e. The maximum atomic E-state index is 13.0. The molecule has 0 bridgehead atoms. The molecule has 1 aliphatic rings. The van der Waals surface area contributed by atoms with E-state index >= 15 is 0 Å². The van der Waals surface area contributed by atoms with Crippen LogP contribution in [0.4, 0.5) is 4.39 Å². The van der Waals surface area contributed by atoms with Crippen LogP contribution in [0.2, 0.25) is 0 Å². The number of benzene rings is 1. The highest BCUT2D eigenvalue weighted by atomic mass is 19.1. The first-order valence-electron chi connectivity index (χ1n) is 9.01. The summed E-state index contributed by atoms with van der Waals surface area (Å²) in [6.07, 6.45) is 3.26. The third-order valence-corrected chi connectivity index (χ3v) is 4.60. The van der Waals surface area contributed by atoms with Gasteiger partial charge in [-0.15, -0.1) is 5.10 Å². The first-order valence-corrected chi connectivity index (χ1v) is 9.01. The van der Waals surface area contributed by atoms with E-state index in [0.717, 1.165) is 18.4 Å². The van der Waals surface area contributed by atoms with Gasteiger partial charge in [-0.25, -0.2) is 14.1 Å². The number of carbonyl (C=O) groups excluding carboxylic acids is 1. The molecule has 3 heterocycles. The van der Waals surface area contributed by atoms with E-state index in [4.69, 9.17) is 4.74 Å². The summed E-state index contributed by atoms with van der Waals surface area (Å²) in [5.41, 5.74) is 0.747. The normalized spacial score (nSPS) is 16.5. The fourth-order valence-corrected chi connectivity index (χ4v) is 3.11. The Morgan fingerprint density at radius 3 is 2.89 bits per heavy atom. The van der Waals surface area contributed by atoms with Crippen molar-refractivity contribution in [1.29, 1.82) is 0 Å². The molecule has 28 heavy (non-hydrogen) atoms. The number of nitrogens with zero attached hydrogens (tertiary/aromatic N) is 5. The highest BCUT2D eigenvalue weighted by Crippen LogP contribution is 2.11. The Balaban J connectivity index is 1.47. The Labute approximate surface area is 159 Å². The number of rotatable bonds is 6. The van der Waals surface area contributed by atoms with Crippen molar-refractivity contribution >= 4 is 17.1 Å². The van der Waals surface area contributed by atoms with Crippen LogP contribution in [0.25, 0.3) is 11.2 Å². The first-order chi connectivity index (χ1) is 13.6. The fourth-order valence-electron chi connectivity index (χ4n) is 3.11. The molecule has 1 atom stereocenters. The zero-order chi connectivity index (χ0) is 19.5. The molecule has 1 aliphatic heterocycles. The molecule has 1 amide bonds. The summed E-state index contributed by atoms with van der Waals surface area (Å²) in [7, 11) is 0. The van der Waals surface area contributed by atoms with Crippen LogP contribution in [-0.2, 0) is 22.6 Å². The van der Waals surface area contributed by atoms with Crippen LogP contribution in [0.1, 0.15) is 18.4 Å². The van der Waals surface area contributed by atoms with E-state index in [9.17, 15) is 14.0 Å². The fraction of sp³-hybridized carbons (Fsp3) is 0.389. The molecule has 0 spiro atoms. The predicted octanol–water partition coefficient (Wildman–Crippen LogP) is 0.471. The highest BCUT2D eigenvalue weighted by molar-refractivity contribution is 5.76. The Bertz CT molecular complexity index is 1040. The number of ether oxygens (including phenoxy) is 1. The average molecular weight is 386 g/mol. The van der Waals surface area contributed by atoms with Gasteiger partial charge in [0, 0.05) is 13.2 Å². The van der Waals surface area contributed by atoms with E-state index in [1.54, 1.807) is 12.1 Å². The molecular formula is C18H19FN6O3. The second-order valence-corrected chi connectivity index (χ2v) is 6.66. The molecule has 4 rings (SSSR count). The van der Waals surface area contributed by atoms with E-state index < -0.39 is 5.56 Å². The largest absolute Gasteiger partial charge is 0.376 e. The van der Waals surface area contributed by atoms with E-state index in [1.807, 2.05) is 0 Å². The maximum absolute atomic E-state index is 13.0. The number of hydrogen-bond acceptors (Lipinski definition) is 6. The molecule has 1 saturated heterocycles. The van der Waals surface area contributed by atoms with Crippen LogP contribution in [0.15, 0.2) is 35.4 Å². The topological polar surface area (TPSA) is 104 Å². The van der Waals surface area contributed by atoms with E-state index in [1.165, 1.54) is 27.7 Å². The first kappa shape index (κ1) is 18.2. The molecule has 1 aromatic carbocycles. The molecule has 2 aromatic heterocycles. The zero-order valence-electron chi connectivity index (χ0n) is 15.0. The second kappa shape index (κ2) is 7.85. The van der Waals surface area contributed by atoms with Gasteiger partial charge in [-0.05, 0) is 30.5 Å². The molecule has 146 valence electrons. The van der Waals surface area contributed by atoms with Gasteiger partial charge < -0.3 is 10.1 Å². The van der Waals surface area contributed by atoms with Crippen LogP contribution < -0.4 is 10.9 Å². The number of halogens is 1. The van der Waals surface area contributed by atoms with Gasteiger partial charge in [0.25, 0.3) is 5.56 Å². The lowest BCUT2D eigenvalue weighted by Crippen LogP contribution is -2.36. The lowest BCUT2D eigenvalue weighted by molar-refractivity contribution is -0.122. The summed E-state index contributed by atoms with van der Waals surface area (Å²) < 4.78 is 21.2. The summed E-state index contributed by atoms with van der Waals surface area (Å²) in [6.45, 7) is 1.29. The van der Waals surface area contributed by atoms with Crippen molar-refractivity contribution in [2.75, 3.05) is 13.2 Å². The molecule has 0 aliphatic carbocycles. The number of nitrogens with one attached hydrogen (secondary N) is 1. The van der Waals surface area contributed by atoms with Gasteiger partial charge in [0.2, 0.25) is 5.91 Å². The Kier molecular flexibility index (Phi) is 5.11. The van der Waals surface area contributed by atoms with Gasteiger partial charge in [0.05, 0.1) is 12.6 Å². The van der Waals surface area contributed by atoms with Crippen molar-refractivity contribution in [3.8, 4) is 0 Å². The van der Waals surface area contributed by atoms with Crippen LogP contribution in [0.5, 0.6) is 0 Å². The third-order valence-electron chi connectivity index (χ3n) is 4.60. The molecule has 0 unspecified atom stereocenters. The lowest BCUT2D eigenvalue weighted by atomic mass is 10.2. The monoisotopic (exact) mass is 386 g/mol. The molecule has 0 saturated carbocycles. The van der Waals surface area contributed by atoms with Crippen LogP contribution in [0.3, 0.4) is 0 Å². The standard InChI is InChI=1S/C18H19FN6O3/c19-13-5-3-12(4-6-13)9-25-17-16(22-23-25)18(27)24(11-21-17)10-15(26)20-8-14-2-1-7-28-14/h3-6,11,14H,1-2,7-10H2,(H,20,26)/t14-/m1/s1. The molecule has 10 heteroatoms. The molecule has 9 nitrogen and oxygen atoms in total. The van der Waals surface area contributed by atoms with Gasteiger partial charge in [-0.3, -0.25) is 14.2 Å². The van der Waals surface area contributed by atoms with Crippen molar-refractivity contribution in [2.24, 2.45) is 0 Å². The summed E-state index contributed by atoms with van der Waals surface area (Å²) in [5, 5.41) is 10.6. The van der Waals surface area contributed by atoms with Crippen LogP contribution in [-0.4, -0.2) is 49.7 Å². The van der Waals surface area contributed by atoms with Crippen molar-refractivity contribution in [2.45, 2.75) is 32.0 Å². The Morgan fingerprint density at radius 2 is 2.14 bits per heavy atom. The minimum atomic E-state index is -0.442. The van der Waals surface area contributed by atoms with Gasteiger partial charge in [0.15, 0.2) is 11.2 Å². The van der Waals surface area contributed by atoms with Gasteiger partial charge >= 0.3 is 0 Å². The number of carbonyl (C=O) groups is 1. The van der Waals surface area contributed by atoms with E-state index in [2.05, 4.69) is 20.6 Å². The average Bonchev–Trinajstić information content (AvgIpc) is 3.35. The maximum Gasteiger partial charge on any atom is 0.283 e. The summed E-state index contributed by atoms with van der Waals surface area (Å²) in [4.78, 5) is 28.9. The molecule has 1 fully saturated rings. The molecule has 0 radical (unpaired) electrons. The number of hydrogen-bond donors (Lipinski definition) is 1. The van der Waals surface area contributed by atoms with Gasteiger partial charge in [-0.1, -0.05) is 17.3 Å². The van der Waals surface area contributed by atoms with Gasteiger partial charge in [-0.2, -0.15) is 0 Å². The molecule has 1 N–H and O–H groups in total. The lowest BCUT2D eigenvalue weighted by Gasteiger charge is -2.11. The van der Waals surface area contributed by atoms with E-state index in [-0.39, 0.29) is 29.9 Å². The van der Waals surface area contributed by atoms with E-state index in [0.29, 0.717) is 25.3 Å². The third kappa shape index (κ3) is 3.91. The summed E-state index contributed by atoms with van der Waals surface area (Å²) >= 11 is 0. The van der Waals surface area contributed by atoms with Crippen LogP contribution in [0, 0.1) is 5.82 Å². The Hall–Kier alpha value is -3.14. The number of aromatic nitrogens is 5. The van der Waals surface area contributed by atoms with Gasteiger partial charge in [0.1, 0.15) is 18.7 Å². The van der Waals surface area contributed by atoms with Crippen molar-refractivity contribution in [3.63, 3.8) is 0 Å². The Morgan fingerprint density at radius 1 is 1.32 bits per heavy atom. The molecule has 3 aromatic rings. The smallest absolute Gasteiger partial charge is 0.283 e. The number of fused-ring (bicyclic) bond motifs is 1. The summed E-state index contributed by atoms with van der Waals surface area (Å²) in [5.74, 6) is -0.622. The van der Waals surface area contributed by atoms with Crippen LogP contribution >= 0.6 is 0 Å². The zero-order valence-corrected chi connectivity index (χ0v) is 15.0.